The molecule has 39 heavy (non-hydrogen) atoms. The highest BCUT2D eigenvalue weighted by atomic mass is 16.5. The fraction of sp³-hybridized carbons (Fsp3) is 0.433. The van der Waals surface area contributed by atoms with Crippen LogP contribution >= 0.6 is 0 Å². The molecule has 4 N–H and O–H groups in total. The highest BCUT2D eigenvalue weighted by Crippen LogP contribution is 2.21. The molecule has 0 radical (unpaired) electrons. The van der Waals surface area contributed by atoms with Gasteiger partial charge >= 0.3 is 0 Å². The first-order valence-electron chi connectivity index (χ1n) is 13.2. The van der Waals surface area contributed by atoms with Gasteiger partial charge in [0.25, 0.3) is 0 Å². The topological polar surface area (TPSA) is 120 Å². The number of ether oxygens (including phenoxy) is 1. The quantitative estimate of drug-likeness (QED) is 0.432. The number of phenolic OH excluding ortho intramolecular Hbond substituents is 1. The van der Waals surface area contributed by atoms with Crippen molar-refractivity contribution < 1.29 is 24.2 Å². The van der Waals surface area contributed by atoms with Crippen molar-refractivity contribution in [2.75, 3.05) is 14.1 Å². The number of amides is 3. The van der Waals surface area contributed by atoms with Crippen LogP contribution in [0, 0.1) is 11.8 Å². The van der Waals surface area contributed by atoms with Crippen LogP contribution in [0.4, 0.5) is 0 Å². The standard InChI is InChI=1S/C30H40N4O5/c1-18(2)26(34(5)6)30(38)33-25-27(19(3)4)39-23-13-9-20(10-14-23)15-16-31-28(36)24(32-29(25)37)17-21-7-11-22(35)12-8-21/h7-16,18-19,24-27,35H,17H2,1-6H3,(H,31,36)(H,32,37)(H,33,38)/t24-,25-,26+,27-/m1/s1. The van der Waals surface area contributed by atoms with Crippen LogP contribution in [0.5, 0.6) is 11.5 Å². The minimum Gasteiger partial charge on any atom is -0.508 e. The number of aromatic hydroxyl groups is 1. The van der Waals surface area contributed by atoms with Crippen molar-refractivity contribution in [1.82, 2.24) is 20.9 Å². The van der Waals surface area contributed by atoms with Gasteiger partial charge in [0.2, 0.25) is 17.7 Å². The third-order valence-electron chi connectivity index (χ3n) is 6.69. The summed E-state index contributed by atoms with van der Waals surface area (Å²) < 4.78 is 6.31. The van der Waals surface area contributed by atoms with Crippen LogP contribution in [0.15, 0.2) is 54.7 Å². The number of carbonyl (C=O) groups excluding carboxylic acids is 3. The highest BCUT2D eigenvalue weighted by molar-refractivity contribution is 5.94. The summed E-state index contributed by atoms with van der Waals surface area (Å²) in [5.74, 6) is -0.744. The zero-order chi connectivity index (χ0) is 28.7. The average Bonchev–Trinajstić information content (AvgIpc) is 2.86. The van der Waals surface area contributed by atoms with Crippen molar-refractivity contribution in [2.45, 2.75) is 58.3 Å². The molecular weight excluding hydrogens is 496 g/mol. The number of hydrogen-bond donors (Lipinski definition) is 4. The number of benzene rings is 2. The van der Waals surface area contributed by atoms with Crippen molar-refractivity contribution in [3.05, 3.63) is 65.9 Å². The minimum absolute atomic E-state index is 0.00709. The molecule has 0 unspecified atom stereocenters. The van der Waals surface area contributed by atoms with Gasteiger partial charge in [-0.15, -0.1) is 0 Å². The first kappa shape index (κ1) is 29.7. The van der Waals surface area contributed by atoms with E-state index in [1.807, 2.05) is 58.8 Å². The lowest BCUT2D eigenvalue weighted by Gasteiger charge is -2.34. The molecule has 3 amide bonds. The minimum atomic E-state index is -1.08. The first-order valence-corrected chi connectivity index (χ1v) is 13.2. The molecule has 2 aromatic carbocycles. The summed E-state index contributed by atoms with van der Waals surface area (Å²) in [5, 5.41) is 18.2. The van der Waals surface area contributed by atoms with Crippen LogP contribution in [0.2, 0.25) is 0 Å². The van der Waals surface area contributed by atoms with Crippen molar-refractivity contribution in [2.24, 2.45) is 11.8 Å². The summed E-state index contributed by atoms with van der Waals surface area (Å²) in [7, 11) is 3.64. The number of fused-ring (bicyclic) bond motifs is 10. The summed E-state index contributed by atoms with van der Waals surface area (Å²) in [6, 6.07) is 11.2. The van der Waals surface area contributed by atoms with Crippen LogP contribution in [-0.4, -0.2) is 66.1 Å². The fourth-order valence-corrected chi connectivity index (χ4v) is 4.73. The lowest BCUT2D eigenvalue weighted by atomic mass is 9.95. The molecule has 2 bridgehead atoms. The molecule has 0 aromatic heterocycles. The number of hydrogen-bond acceptors (Lipinski definition) is 6. The summed E-state index contributed by atoms with van der Waals surface area (Å²) in [6.07, 6.45) is 2.74. The van der Waals surface area contributed by atoms with Crippen LogP contribution < -0.4 is 20.7 Å². The van der Waals surface area contributed by atoms with E-state index in [1.165, 1.54) is 18.3 Å². The molecule has 210 valence electrons. The SMILES string of the molecule is CC(C)[C@H]1Oc2ccc(cc2)C=CNC(=O)[C@@H](Cc2ccc(O)cc2)NC(=O)[C@@H]1NC(=O)[C@H](C(C)C)N(C)C. The van der Waals surface area contributed by atoms with Crippen molar-refractivity contribution in [3.63, 3.8) is 0 Å². The van der Waals surface area contributed by atoms with Gasteiger partial charge in [0.15, 0.2) is 0 Å². The lowest BCUT2D eigenvalue weighted by molar-refractivity contribution is -0.136. The lowest BCUT2D eigenvalue weighted by Crippen LogP contribution is -2.62. The van der Waals surface area contributed by atoms with E-state index in [2.05, 4.69) is 16.0 Å². The van der Waals surface area contributed by atoms with Gasteiger partial charge in [0.05, 0.1) is 6.04 Å². The number of nitrogens with zero attached hydrogens (tertiary/aromatic N) is 1. The summed E-state index contributed by atoms with van der Waals surface area (Å²) in [6.45, 7) is 7.73. The van der Waals surface area contributed by atoms with Crippen LogP contribution in [0.25, 0.3) is 6.08 Å². The Kier molecular flexibility index (Phi) is 10.1. The van der Waals surface area contributed by atoms with E-state index in [-0.39, 0.29) is 29.9 Å². The first-order chi connectivity index (χ1) is 18.5. The Morgan fingerprint density at radius 1 is 1.00 bits per heavy atom. The number of likely N-dealkylation sites (N-methyl/N-ethyl adjacent to an activating group) is 1. The number of nitrogens with one attached hydrogen (secondary N) is 3. The number of phenols is 1. The molecule has 9 heteroatoms. The monoisotopic (exact) mass is 536 g/mol. The largest absolute Gasteiger partial charge is 0.508 e. The third-order valence-corrected chi connectivity index (χ3v) is 6.69. The zero-order valence-corrected chi connectivity index (χ0v) is 23.5. The fourth-order valence-electron chi connectivity index (χ4n) is 4.73. The molecule has 0 aliphatic carbocycles. The van der Waals surface area contributed by atoms with E-state index < -0.39 is 36.0 Å². The van der Waals surface area contributed by atoms with E-state index in [0.29, 0.717) is 5.75 Å². The average molecular weight is 537 g/mol. The Bertz CT molecular complexity index is 1150. The normalized spacial score (nSPS) is 20.8. The molecule has 9 nitrogen and oxygen atoms in total. The summed E-state index contributed by atoms with van der Waals surface area (Å²) >= 11 is 0. The molecule has 2 aromatic rings. The predicted molar refractivity (Wildman–Crippen MR) is 151 cm³/mol. The van der Waals surface area contributed by atoms with Gasteiger partial charge in [0.1, 0.15) is 29.7 Å². The Morgan fingerprint density at radius 3 is 2.21 bits per heavy atom. The zero-order valence-electron chi connectivity index (χ0n) is 23.5. The molecule has 0 saturated heterocycles. The van der Waals surface area contributed by atoms with Crippen molar-refractivity contribution >= 4 is 23.8 Å². The maximum absolute atomic E-state index is 13.9. The second-order valence-corrected chi connectivity index (χ2v) is 10.8. The maximum atomic E-state index is 13.9. The summed E-state index contributed by atoms with van der Waals surface area (Å²) in [5.41, 5.74) is 1.61. The molecule has 2 heterocycles. The van der Waals surface area contributed by atoms with Gasteiger partial charge in [-0.05, 0) is 67.4 Å². The van der Waals surface area contributed by atoms with E-state index >= 15 is 0 Å². The molecule has 0 fully saturated rings. The summed E-state index contributed by atoms with van der Waals surface area (Å²) in [4.78, 5) is 42.4. The van der Waals surface area contributed by atoms with Gasteiger partial charge in [-0.1, -0.05) is 52.0 Å². The molecule has 0 saturated carbocycles. The Morgan fingerprint density at radius 2 is 1.64 bits per heavy atom. The third kappa shape index (κ3) is 8.07. The van der Waals surface area contributed by atoms with Gasteiger partial charge in [-0.3, -0.25) is 19.3 Å². The van der Waals surface area contributed by atoms with Gasteiger partial charge in [-0.25, -0.2) is 0 Å². The van der Waals surface area contributed by atoms with Crippen LogP contribution in [0.1, 0.15) is 38.8 Å². The van der Waals surface area contributed by atoms with E-state index in [0.717, 1.165) is 11.1 Å². The van der Waals surface area contributed by atoms with E-state index in [1.54, 1.807) is 30.3 Å². The van der Waals surface area contributed by atoms with Crippen molar-refractivity contribution in [3.8, 4) is 11.5 Å². The Labute approximate surface area is 230 Å². The van der Waals surface area contributed by atoms with Gasteiger partial charge in [-0.2, -0.15) is 0 Å². The van der Waals surface area contributed by atoms with Gasteiger partial charge < -0.3 is 25.8 Å². The van der Waals surface area contributed by atoms with Crippen molar-refractivity contribution in [1.29, 1.82) is 0 Å². The highest BCUT2D eigenvalue weighted by Gasteiger charge is 2.38. The van der Waals surface area contributed by atoms with E-state index in [9.17, 15) is 19.5 Å². The smallest absolute Gasteiger partial charge is 0.247 e. The number of rotatable bonds is 7. The molecule has 0 spiro atoms. The van der Waals surface area contributed by atoms with E-state index in [4.69, 9.17) is 4.74 Å². The molecule has 2 aliphatic rings. The number of carbonyl (C=O) groups is 3. The Hall–Kier alpha value is -3.85. The molecular formula is C30H40N4O5. The predicted octanol–water partition coefficient (Wildman–Crippen LogP) is 2.69. The van der Waals surface area contributed by atoms with Crippen LogP contribution in [-0.2, 0) is 20.8 Å². The molecule has 2 aliphatic heterocycles. The molecule has 4 rings (SSSR count). The second kappa shape index (κ2) is 13.3. The van der Waals surface area contributed by atoms with Gasteiger partial charge in [0, 0.05) is 12.6 Å². The molecule has 4 atom stereocenters. The second-order valence-electron chi connectivity index (χ2n) is 10.8. The Balaban J connectivity index is 2.03. The maximum Gasteiger partial charge on any atom is 0.247 e. The van der Waals surface area contributed by atoms with Crippen LogP contribution in [0.3, 0.4) is 0 Å².